The zero-order valence-electron chi connectivity index (χ0n) is 17.6. The second-order valence-electron chi connectivity index (χ2n) is 7.82. The van der Waals surface area contributed by atoms with E-state index >= 15 is 0 Å². The van der Waals surface area contributed by atoms with Crippen LogP contribution in [0.15, 0.2) is 22.9 Å². The van der Waals surface area contributed by atoms with E-state index in [0.29, 0.717) is 36.9 Å². The van der Waals surface area contributed by atoms with E-state index in [0.717, 1.165) is 50.9 Å². The molecule has 2 aromatic rings. The van der Waals surface area contributed by atoms with Gasteiger partial charge in [-0.15, -0.1) is 0 Å². The zero-order valence-corrected chi connectivity index (χ0v) is 17.6. The van der Waals surface area contributed by atoms with Crippen LogP contribution in [0.5, 0.6) is 5.88 Å². The van der Waals surface area contributed by atoms with Gasteiger partial charge >= 0.3 is 0 Å². The van der Waals surface area contributed by atoms with Gasteiger partial charge in [0.05, 0.1) is 12.6 Å². The molecule has 0 saturated carbocycles. The third-order valence-corrected chi connectivity index (χ3v) is 5.93. The molecule has 2 saturated heterocycles. The Labute approximate surface area is 176 Å². The summed E-state index contributed by atoms with van der Waals surface area (Å²) in [4.78, 5) is 25.0. The van der Waals surface area contributed by atoms with Crippen molar-refractivity contribution in [3.8, 4) is 17.3 Å². The number of aromatic nitrogens is 3. The van der Waals surface area contributed by atoms with Gasteiger partial charge in [0.2, 0.25) is 23.5 Å². The number of piperidine rings is 1. The standard InChI is InChI=1S/C21H29N5O4/c1-15(27)25-10-7-17(8-11-25)26-9-3-4-18(26)21-23-20(24-30-21)16-5-6-19(22-14-16)29-13-12-28-2/h5-6,14,17-18H,3-4,7-13H2,1-2H3/t18-/m0/s1. The van der Waals surface area contributed by atoms with Crippen molar-refractivity contribution >= 4 is 5.91 Å². The number of methoxy groups -OCH3 is 1. The summed E-state index contributed by atoms with van der Waals surface area (Å²) in [5.41, 5.74) is 0.795. The summed E-state index contributed by atoms with van der Waals surface area (Å²) in [6.07, 6.45) is 5.81. The van der Waals surface area contributed by atoms with Gasteiger partial charge in [0.15, 0.2) is 0 Å². The molecule has 2 fully saturated rings. The molecule has 1 amide bonds. The van der Waals surface area contributed by atoms with Gasteiger partial charge in [-0.2, -0.15) is 4.98 Å². The number of carbonyl (C=O) groups excluding carboxylic acids is 1. The molecule has 0 aromatic carbocycles. The minimum absolute atomic E-state index is 0.143. The van der Waals surface area contributed by atoms with Crippen molar-refractivity contribution in [2.75, 3.05) is 40.0 Å². The molecule has 4 rings (SSSR count). The fourth-order valence-electron chi connectivity index (χ4n) is 4.32. The van der Waals surface area contributed by atoms with Crippen molar-refractivity contribution in [3.05, 3.63) is 24.2 Å². The predicted octanol–water partition coefficient (Wildman–Crippen LogP) is 2.30. The Bertz CT molecular complexity index is 832. The fraction of sp³-hybridized carbons (Fsp3) is 0.619. The number of likely N-dealkylation sites (tertiary alicyclic amines) is 2. The Balaban J connectivity index is 1.40. The van der Waals surface area contributed by atoms with Crippen LogP contribution < -0.4 is 4.74 Å². The third-order valence-electron chi connectivity index (χ3n) is 5.93. The van der Waals surface area contributed by atoms with E-state index in [2.05, 4.69) is 20.0 Å². The summed E-state index contributed by atoms with van der Waals surface area (Å²) in [6.45, 7) is 5.29. The van der Waals surface area contributed by atoms with Gasteiger partial charge in [0.25, 0.3) is 0 Å². The summed E-state index contributed by atoms with van der Waals surface area (Å²) < 4.78 is 16.1. The molecule has 2 aromatic heterocycles. The first-order valence-electron chi connectivity index (χ1n) is 10.6. The topological polar surface area (TPSA) is 93.8 Å². The summed E-state index contributed by atoms with van der Waals surface area (Å²) >= 11 is 0. The molecule has 162 valence electrons. The van der Waals surface area contributed by atoms with Crippen LogP contribution in [0.2, 0.25) is 0 Å². The summed E-state index contributed by atoms with van der Waals surface area (Å²) in [5.74, 6) is 1.91. The van der Waals surface area contributed by atoms with Crippen molar-refractivity contribution in [1.82, 2.24) is 24.9 Å². The van der Waals surface area contributed by atoms with Gasteiger partial charge in [0.1, 0.15) is 6.61 Å². The van der Waals surface area contributed by atoms with Crippen LogP contribution in [0.4, 0.5) is 0 Å². The summed E-state index contributed by atoms with van der Waals surface area (Å²) in [5, 5.41) is 4.18. The lowest BCUT2D eigenvalue weighted by Crippen LogP contribution is -2.46. The average molecular weight is 415 g/mol. The predicted molar refractivity (Wildman–Crippen MR) is 109 cm³/mol. The van der Waals surface area contributed by atoms with E-state index in [1.165, 1.54) is 0 Å². The first-order valence-corrected chi connectivity index (χ1v) is 10.6. The van der Waals surface area contributed by atoms with Crippen LogP contribution in [-0.4, -0.2) is 76.8 Å². The van der Waals surface area contributed by atoms with E-state index in [1.807, 2.05) is 11.0 Å². The lowest BCUT2D eigenvalue weighted by Gasteiger charge is -2.38. The van der Waals surface area contributed by atoms with Crippen molar-refractivity contribution in [2.45, 2.75) is 44.7 Å². The minimum Gasteiger partial charge on any atom is -0.475 e. The Hall–Kier alpha value is -2.52. The SMILES string of the molecule is COCCOc1ccc(-c2noc([C@@H]3CCCN3C3CCN(C(C)=O)CC3)n2)cn1. The third kappa shape index (κ3) is 4.62. The second-order valence-corrected chi connectivity index (χ2v) is 7.82. The van der Waals surface area contributed by atoms with Crippen molar-refractivity contribution in [1.29, 1.82) is 0 Å². The molecule has 0 unspecified atom stereocenters. The minimum atomic E-state index is 0.143. The Morgan fingerprint density at radius 2 is 2.03 bits per heavy atom. The van der Waals surface area contributed by atoms with Crippen LogP contribution >= 0.6 is 0 Å². The lowest BCUT2D eigenvalue weighted by molar-refractivity contribution is -0.130. The number of amides is 1. The number of ether oxygens (including phenoxy) is 2. The molecule has 9 heteroatoms. The van der Waals surface area contributed by atoms with E-state index < -0.39 is 0 Å². The number of nitrogens with zero attached hydrogens (tertiary/aromatic N) is 5. The molecule has 1 atom stereocenters. The molecule has 0 spiro atoms. The van der Waals surface area contributed by atoms with Crippen LogP contribution in [0, 0.1) is 0 Å². The number of hydrogen-bond acceptors (Lipinski definition) is 8. The monoisotopic (exact) mass is 415 g/mol. The van der Waals surface area contributed by atoms with Crippen molar-refractivity contribution in [2.24, 2.45) is 0 Å². The van der Waals surface area contributed by atoms with E-state index in [1.54, 1.807) is 26.3 Å². The largest absolute Gasteiger partial charge is 0.475 e. The molecule has 0 radical (unpaired) electrons. The maximum absolute atomic E-state index is 11.6. The maximum Gasteiger partial charge on any atom is 0.244 e. The molecular weight excluding hydrogens is 386 g/mol. The smallest absolute Gasteiger partial charge is 0.244 e. The molecule has 0 N–H and O–H groups in total. The number of hydrogen-bond donors (Lipinski definition) is 0. The quantitative estimate of drug-likeness (QED) is 0.636. The first-order chi connectivity index (χ1) is 14.7. The average Bonchev–Trinajstić information content (AvgIpc) is 3.44. The second kappa shape index (κ2) is 9.53. The van der Waals surface area contributed by atoms with Gasteiger partial charge in [-0.1, -0.05) is 5.16 Å². The zero-order chi connectivity index (χ0) is 20.9. The molecule has 9 nitrogen and oxygen atoms in total. The van der Waals surface area contributed by atoms with Crippen molar-refractivity contribution < 1.29 is 18.8 Å². The van der Waals surface area contributed by atoms with E-state index in [4.69, 9.17) is 14.0 Å². The highest BCUT2D eigenvalue weighted by Crippen LogP contribution is 2.36. The highest BCUT2D eigenvalue weighted by molar-refractivity contribution is 5.73. The number of pyridine rings is 1. The normalized spacial score (nSPS) is 20.6. The van der Waals surface area contributed by atoms with Crippen molar-refractivity contribution in [3.63, 3.8) is 0 Å². The Kier molecular flexibility index (Phi) is 6.59. The number of carbonyl (C=O) groups is 1. The van der Waals surface area contributed by atoms with Crippen LogP contribution in [0.25, 0.3) is 11.4 Å². The lowest BCUT2D eigenvalue weighted by atomic mass is 10.0. The van der Waals surface area contributed by atoms with E-state index in [9.17, 15) is 4.79 Å². The molecule has 2 aliphatic rings. The van der Waals surface area contributed by atoms with Gasteiger partial charge < -0.3 is 18.9 Å². The van der Waals surface area contributed by atoms with E-state index in [-0.39, 0.29) is 11.9 Å². The first kappa shape index (κ1) is 20.7. The molecule has 0 aliphatic carbocycles. The molecule has 0 bridgehead atoms. The van der Waals surface area contributed by atoms with Gasteiger partial charge in [-0.25, -0.2) is 4.98 Å². The molecule has 30 heavy (non-hydrogen) atoms. The van der Waals surface area contributed by atoms with Gasteiger partial charge in [-0.05, 0) is 38.3 Å². The molecular formula is C21H29N5O4. The maximum atomic E-state index is 11.6. The Morgan fingerprint density at radius 1 is 1.20 bits per heavy atom. The molecule has 4 heterocycles. The van der Waals surface area contributed by atoms with Gasteiger partial charge in [0, 0.05) is 51.0 Å². The Morgan fingerprint density at radius 3 is 2.73 bits per heavy atom. The summed E-state index contributed by atoms with van der Waals surface area (Å²) in [7, 11) is 1.63. The van der Waals surface area contributed by atoms with Crippen LogP contribution in [0.1, 0.15) is 44.5 Å². The highest BCUT2D eigenvalue weighted by atomic mass is 16.5. The summed E-state index contributed by atoms with van der Waals surface area (Å²) in [6, 6.07) is 4.28. The van der Waals surface area contributed by atoms with Crippen LogP contribution in [-0.2, 0) is 9.53 Å². The van der Waals surface area contributed by atoms with Gasteiger partial charge in [-0.3, -0.25) is 9.69 Å². The number of rotatable bonds is 7. The molecule has 2 aliphatic heterocycles. The van der Waals surface area contributed by atoms with Crippen LogP contribution in [0.3, 0.4) is 0 Å². The fourth-order valence-corrected chi connectivity index (χ4v) is 4.32. The highest BCUT2D eigenvalue weighted by Gasteiger charge is 2.37.